The summed E-state index contributed by atoms with van der Waals surface area (Å²) in [6.07, 6.45) is 1.84. The summed E-state index contributed by atoms with van der Waals surface area (Å²) in [6, 6.07) is 15.1. The molecular formula is C21H23N3O4. The molecule has 0 bridgehead atoms. The maximum Gasteiger partial charge on any atom is 0.272 e. The van der Waals surface area contributed by atoms with Gasteiger partial charge in [0.25, 0.3) is 5.91 Å². The predicted molar refractivity (Wildman–Crippen MR) is 106 cm³/mol. The van der Waals surface area contributed by atoms with Crippen LogP contribution in [0.15, 0.2) is 54.7 Å². The number of ether oxygens (including phenoxy) is 3. The Hall–Kier alpha value is -3.32. The lowest BCUT2D eigenvalue weighted by Gasteiger charge is -2.09. The minimum absolute atomic E-state index is 0.267. The van der Waals surface area contributed by atoms with Crippen LogP contribution in [0.1, 0.15) is 10.5 Å². The number of hydrogen-bond donors (Lipinski definition) is 1. The molecule has 0 aliphatic heterocycles. The zero-order chi connectivity index (χ0) is 19.9. The van der Waals surface area contributed by atoms with Crippen molar-refractivity contribution in [1.82, 2.24) is 15.1 Å². The lowest BCUT2D eigenvalue weighted by molar-refractivity contribution is 0.0932. The van der Waals surface area contributed by atoms with E-state index in [1.54, 1.807) is 32.1 Å². The number of nitrogens with zero attached hydrogens (tertiary/aromatic N) is 2. The van der Waals surface area contributed by atoms with Crippen LogP contribution in [-0.2, 0) is 4.74 Å². The van der Waals surface area contributed by atoms with Crippen molar-refractivity contribution in [1.29, 1.82) is 0 Å². The number of carbonyl (C=O) groups excluding carboxylic acids is 1. The summed E-state index contributed by atoms with van der Waals surface area (Å²) in [6.45, 7) is 0.829. The maximum absolute atomic E-state index is 12.7. The zero-order valence-electron chi connectivity index (χ0n) is 16.1. The highest BCUT2D eigenvalue weighted by Gasteiger charge is 2.20. The quantitative estimate of drug-likeness (QED) is 0.607. The van der Waals surface area contributed by atoms with Gasteiger partial charge < -0.3 is 19.5 Å². The zero-order valence-corrected chi connectivity index (χ0v) is 16.1. The first-order valence-corrected chi connectivity index (χ1v) is 8.82. The van der Waals surface area contributed by atoms with E-state index in [1.165, 1.54) is 0 Å². The summed E-state index contributed by atoms with van der Waals surface area (Å²) in [4.78, 5) is 12.7. The van der Waals surface area contributed by atoms with E-state index in [4.69, 9.17) is 14.2 Å². The standard InChI is InChI=1S/C21H23N3O4/c1-26-12-11-22-21(25)20-17(14-24(23-20)16-7-5-4-6-8-16)15-9-10-18(27-2)19(13-15)28-3/h4-10,13-14H,11-12H2,1-3H3,(H,22,25). The Bertz CT molecular complexity index is 938. The predicted octanol–water partition coefficient (Wildman–Crippen LogP) is 2.93. The molecule has 0 aliphatic carbocycles. The number of para-hydroxylation sites is 1. The first-order valence-electron chi connectivity index (χ1n) is 8.82. The Balaban J connectivity index is 2.05. The highest BCUT2D eigenvalue weighted by Crippen LogP contribution is 2.33. The second-order valence-electron chi connectivity index (χ2n) is 5.99. The molecule has 0 radical (unpaired) electrons. The molecule has 0 saturated carbocycles. The molecule has 7 nitrogen and oxygen atoms in total. The van der Waals surface area contributed by atoms with Gasteiger partial charge in [0.1, 0.15) is 0 Å². The number of benzene rings is 2. The van der Waals surface area contributed by atoms with E-state index in [9.17, 15) is 4.79 Å². The summed E-state index contributed by atoms with van der Waals surface area (Å²) in [5.74, 6) is 0.933. The van der Waals surface area contributed by atoms with E-state index in [0.717, 1.165) is 11.3 Å². The van der Waals surface area contributed by atoms with Crippen molar-refractivity contribution >= 4 is 5.91 Å². The van der Waals surface area contributed by atoms with Gasteiger partial charge in [-0.25, -0.2) is 4.68 Å². The van der Waals surface area contributed by atoms with Crippen molar-refractivity contribution in [3.8, 4) is 28.3 Å². The van der Waals surface area contributed by atoms with Crippen LogP contribution in [0.3, 0.4) is 0 Å². The Morgan fingerprint density at radius 2 is 1.79 bits per heavy atom. The van der Waals surface area contributed by atoms with Crippen molar-refractivity contribution < 1.29 is 19.0 Å². The Morgan fingerprint density at radius 1 is 1.04 bits per heavy atom. The largest absolute Gasteiger partial charge is 0.493 e. The van der Waals surface area contributed by atoms with Crippen LogP contribution in [0.4, 0.5) is 0 Å². The first-order chi connectivity index (χ1) is 13.7. The van der Waals surface area contributed by atoms with Gasteiger partial charge in [-0.15, -0.1) is 0 Å². The molecule has 3 rings (SSSR count). The fraction of sp³-hybridized carbons (Fsp3) is 0.238. The van der Waals surface area contributed by atoms with Gasteiger partial charge in [-0.1, -0.05) is 24.3 Å². The number of rotatable bonds is 8. The van der Waals surface area contributed by atoms with Gasteiger partial charge in [0.05, 0.1) is 26.5 Å². The minimum Gasteiger partial charge on any atom is -0.493 e. The Morgan fingerprint density at radius 3 is 2.46 bits per heavy atom. The SMILES string of the molecule is COCCNC(=O)c1nn(-c2ccccc2)cc1-c1ccc(OC)c(OC)c1. The molecule has 146 valence electrons. The van der Waals surface area contributed by atoms with Crippen LogP contribution in [0.5, 0.6) is 11.5 Å². The molecule has 0 unspecified atom stereocenters. The van der Waals surface area contributed by atoms with Gasteiger partial charge in [0, 0.05) is 25.4 Å². The molecule has 0 aliphatic rings. The fourth-order valence-electron chi connectivity index (χ4n) is 2.82. The Kier molecular flexibility index (Phi) is 6.29. The number of carbonyl (C=O) groups is 1. The average Bonchev–Trinajstić information content (AvgIpc) is 3.19. The summed E-state index contributed by atoms with van der Waals surface area (Å²) in [7, 11) is 4.75. The fourth-order valence-corrected chi connectivity index (χ4v) is 2.82. The highest BCUT2D eigenvalue weighted by molar-refractivity contribution is 5.99. The minimum atomic E-state index is -0.267. The van der Waals surface area contributed by atoms with Gasteiger partial charge in [0.15, 0.2) is 17.2 Å². The Labute approximate surface area is 163 Å². The molecule has 28 heavy (non-hydrogen) atoms. The summed E-state index contributed by atoms with van der Waals surface area (Å²) >= 11 is 0. The maximum atomic E-state index is 12.7. The summed E-state index contributed by atoms with van der Waals surface area (Å²) in [5.41, 5.74) is 2.68. The summed E-state index contributed by atoms with van der Waals surface area (Å²) in [5, 5.41) is 7.36. The molecule has 3 aromatic rings. The molecule has 1 aromatic heterocycles. The molecule has 1 N–H and O–H groups in total. The van der Waals surface area contributed by atoms with Crippen molar-refractivity contribution in [3.63, 3.8) is 0 Å². The van der Waals surface area contributed by atoms with Crippen LogP contribution in [0.25, 0.3) is 16.8 Å². The molecule has 0 atom stereocenters. The normalized spacial score (nSPS) is 10.5. The van der Waals surface area contributed by atoms with E-state index in [-0.39, 0.29) is 5.91 Å². The smallest absolute Gasteiger partial charge is 0.272 e. The number of hydrogen-bond acceptors (Lipinski definition) is 5. The van der Waals surface area contributed by atoms with E-state index >= 15 is 0 Å². The summed E-state index contributed by atoms with van der Waals surface area (Å²) < 4.78 is 17.4. The second-order valence-corrected chi connectivity index (χ2v) is 5.99. The van der Waals surface area contributed by atoms with Gasteiger partial charge in [-0.3, -0.25) is 4.79 Å². The molecule has 0 spiro atoms. The third-order valence-electron chi connectivity index (χ3n) is 4.24. The molecule has 1 heterocycles. The molecule has 2 aromatic carbocycles. The van der Waals surface area contributed by atoms with Gasteiger partial charge in [-0.2, -0.15) is 5.10 Å². The van der Waals surface area contributed by atoms with Crippen molar-refractivity contribution in [2.45, 2.75) is 0 Å². The van der Waals surface area contributed by atoms with E-state index in [2.05, 4.69) is 10.4 Å². The van der Waals surface area contributed by atoms with Crippen LogP contribution < -0.4 is 14.8 Å². The first kappa shape index (κ1) is 19.4. The third kappa shape index (κ3) is 4.15. The number of nitrogens with one attached hydrogen (secondary N) is 1. The molecule has 1 amide bonds. The monoisotopic (exact) mass is 381 g/mol. The van der Waals surface area contributed by atoms with Crippen molar-refractivity contribution in [2.24, 2.45) is 0 Å². The van der Waals surface area contributed by atoms with E-state index in [1.807, 2.05) is 48.7 Å². The van der Waals surface area contributed by atoms with Gasteiger partial charge in [-0.05, 0) is 29.8 Å². The molecule has 0 fully saturated rings. The number of methoxy groups -OCH3 is 3. The molecular weight excluding hydrogens is 358 g/mol. The second kappa shape index (κ2) is 9.05. The van der Waals surface area contributed by atoms with Crippen LogP contribution >= 0.6 is 0 Å². The molecule has 0 saturated heterocycles. The lowest BCUT2D eigenvalue weighted by Crippen LogP contribution is -2.27. The van der Waals surface area contributed by atoms with Crippen molar-refractivity contribution in [2.75, 3.05) is 34.5 Å². The van der Waals surface area contributed by atoms with Crippen LogP contribution in [0.2, 0.25) is 0 Å². The number of aromatic nitrogens is 2. The third-order valence-corrected chi connectivity index (χ3v) is 4.24. The van der Waals surface area contributed by atoms with Gasteiger partial charge >= 0.3 is 0 Å². The number of amides is 1. The van der Waals surface area contributed by atoms with E-state index in [0.29, 0.717) is 35.9 Å². The van der Waals surface area contributed by atoms with Crippen LogP contribution in [-0.4, -0.2) is 50.2 Å². The average molecular weight is 381 g/mol. The van der Waals surface area contributed by atoms with E-state index < -0.39 is 0 Å². The highest BCUT2D eigenvalue weighted by atomic mass is 16.5. The lowest BCUT2D eigenvalue weighted by atomic mass is 10.1. The topological polar surface area (TPSA) is 74.6 Å². The van der Waals surface area contributed by atoms with Crippen LogP contribution in [0, 0.1) is 0 Å². The van der Waals surface area contributed by atoms with Gasteiger partial charge in [0.2, 0.25) is 0 Å². The molecule has 7 heteroatoms. The van der Waals surface area contributed by atoms with Crippen molar-refractivity contribution in [3.05, 3.63) is 60.4 Å².